The van der Waals surface area contributed by atoms with Crippen molar-refractivity contribution < 1.29 is 14.0 Å². The molecule has 1 aliphatic heterocycles. The minimum Gasteiger partial charge on any atom is -0.455 e. The van der Waals surface area contributed by atoms with Gasteiger partial charge in [0, 0.05) is 21.9 Å². The summed E-state index contributed by atoms with van der Waals surface area (Å²) >= 11 is 3.56. The molecule has 36 heavy (non-hydrogen) atoms. The van der Waals surface area contributed by atoms with Crippen LogP contribution in [0.4, 0.5) is 0 Å². The highest BCUT2D eigenvalue weighted by Crippen LogP contribution is 2.60. The molecule has 176 valence electrons. The Balaban J connectivity index is 1.23. The second kappa shape index (κ2) is 7.87. The zero-order valence-electron chi connectivity index (χ0n) is 19.4. The lowest BCUT2D eigenvalue weighted by Gasteiger charge is -2.45. The molecule has 0 N–H and O–H groups in total. The lowest BCUT2D eigenvalue weighted by atomic mass is 9.55. The second-order valence-corrected chi connectivity index (χ2v) is 10.5. The van der Waals surface area contributed by atoms with E-state index in [9.17, 15) is 9.59 Å². The molecular weight excluding hydrogens is 516 g/mol. The van der Waals surface area contributed by atoms with Crippen molar-refractivity contribution in [2.24, 2.45) is 16.9 Å². The summed E-state index contributed by atoms with van der Waals surface area (Å²) in [6.07, 6.45) is 1.46. The van der Waals surface area contributed by atoms with Crippen LogP contribution >= 0.6 is 15.9 Å². The number of hydrogen-bond acceptors (Lipinski definition) is 4. The molecule has 2 atom stereocenters. The number of halogens is 1. The number of hydrogen-bond donors (Lipinski definition) is 0. The summed E-state index contributed by atoms with van der Waals surface area (Å²) in [6.45, 7) is 2.03. The monoisotopic (exact) mass is 536 g/mol. The minimum atomic E-state index is -0.443. The van der Waals surface area contributed by atoms with Gasteiger partial charge in [-0.15, -0.1) is 0 Å². The van der Waals surface area contributed by atoms with Gasteiger partial charge in [-0.2, -0.15) is 10.1 Å². The number of carbonyl (C=O) groups excluding carboxylic acids is 2. The predicted molar refractivity (Wildman–Crippen MR) is 140 cm³/mol. The third-order valence-corrected chi connectivity index (χ3v) is 8.66. The normalized spacial score (nSPS) is 23.8. The van der Waals surface area contributed by atoms with E-state index in [0.717, 1.165) is 42.9 Å². The van der Waals surface area contributed by atoms with Crippen LogP contribution in [-0.2, 0) is 9.59 Å². The Morgan fingerprint density at radius 1 is 0.806 bits per heavy atom. The van der Waals surface area contributed by atoms with Crippen molar-refractivity contribution in [2.75, 3.05) is 0 Å². The molecule has 0 radical (unpaired) electrons. The summed E-state index contributed by atoms with van der Waals surface area (Å²) in [6, 6.07) is 26.1. The fraction of sp³-hybridized carbons (Fsp3) is 0.167. The van der Waals surface area contributed by atoms with Gasteiger partial charge >= 0.3 is 0 Å². The highest BCUT2D eigenvalue weighted by molar-refractivity contribution is 9.10. The maximum absolute atomic E-state index is 13.6. The summed E-state index contributed by atoms with van der Waals surface area (Å²) < 4.78 is 6.95. The van der Waals surface area contributed by atoms with Gasteiger partial charge in [-0.25, -0.2) is 0 Å². The van der Waals surface area contributed by atoms with Gasteiger partial charge in [-0.1, -0.05) is 76.6 Å². The van der Waals surface area contributed by atoms with Crippen LogP contribution in [-0.4, -0.2) is 23.0 Å². The number of aryl methyl sites for hydroxylation is 1. The van der Waals surface area contributed by atoms with Gasteiger partial charge in [0.25, 0.3) is 11.8 Å². The van der Waals surface area contributed by atoms with Crippen LogP contribution in [0.25, 0.3) is 11.3 Å². The first kappa shape index (κ1) is 21.5. The molecule has 1 aromatic heterocycles. The van der Waals surface area contributed by atoms with Crippen molar-refractivity contribution in [3.63, 3.8) is 0 Å². The van der Waals surface area contributed by atoms with E-state index in [-0.39, 0.29) is 23.7 Å². The minimum absolute atomic E-state index is 0.140. The van der Waals surface area contributed by atoms with E-state index >= 15 is 0 Å². The largest absolute Gasteiger partial charge is 0.455 e. The quantitative estimate of drug-likeness (QED) is 0.230. The Labute approximate surface area is 216 Å². The number of rotatable bonds is 3. The summed E-state index contributed by atoms with van der Waals surface area (Å²) in [5, 5.41) is 5.41. The van der Waals surface area contributed by atoms with Crippen molar-refractivity contribution >= 4 is 34.0 Å². The molecule has 0 unspecified atom stereocenters. The van der Waals surface area contributed by atoms with Crippen LogP contribution in [0.3, 0.4) is 0 Å². The smallest absolute Gasteiger partial charge is 0.254 e. The number of furan rings is 1. The van der Waals surface area contributed by atoms with E-state index in [2.05, 4.69) is 45.3 Å². The summed E-state index contributed by atoms with van der Waals surface area (Å²) in [5.74, 6) is -0.480. The second-order valence-electron chi connectivity index (χ2n) is 9.66. The summed E-state index contributed by atoms with van der Waals surface area (Å²) in [4.78, 5) is 27.3. The number of benzene rings is 3. The third kappa shape index (κ3) is 2.97. The van der Waals surface area contributed by atoms with Crippen LogP contribution < -0.4 is 0 Å². The Hall–Kier alpha value is -3.77. The Bertz CT molecular complexity index is 1490. The maximum Gasteiger partial charge on any atom is 0.254 e. The number of carbonyl (C=O) groups is 2. The highest BCUT2D eigenvalue weighted by Gasteiger charge is 2.61. The number of amides is 2. The Morgan fingerprint density at radius 2 is 1.36 bits per heavy atom. The molecule has 3 aromatic carbocycles. The van der Waals surface area contributed by atoms with E-state index in [1.165, 1.54) is 6.21 Å². The molecule has 6 heteroatoms. The molecule has 8 rings (SSSR count). The van der Waals surface area contributed by atoms with Gasteiger partial charge < -0.3 is 4.42 Å². The average molecular weight is 537 g/mol. The fourth-order valence-electron chi connectivity index (χ4n) is 6.21. The van der Waals surface area contributed by atoms with Crippen molar-refractivity contribution in [1.82, 2.24) is 5.01 Å². The molecule has 0 spiro atoms. The molecule has 4 aromatic rings. The Morgan fingerprint density at radius 3 is 1.89 bits per heavy atom. The molecule has 0 saturated carbocycles. The number of hydrazone groups is 1. The van der Waals surface area contributed by atoms with Crippen molar-refractivity contribution in [3.8, 4) is 11.3 Å². The summed E-state index contributed by atoms with van der Waals surface area (Å²) in [5.41, 5.74) is 6.66. The van der Waals surface area contributed by atoms with Crippen LogP contribution in [0.2, 0.25) is 0 Å². The zero-order valence-corrected chi connectivity index (χ0v) is 21.0. The topological polar surface area (TPSA) is 62.9 Å². The first-order valence-electron chi connectivity index (χ1n) is 12.0. The Kier molecular flexibility index (Phi) is 4.70. The molecule has 1 fully saturated rings. The van der Waals surface area contributed by atoms with Crippen molar-refractivity contribution in [3.05, 3.63) is 117 Å². The highest BCUT2D eigenvalue weighted by atomic mass is 79.9. The number of nitrogens with zero attached hydrogens (tertiary/aromatic N) is 2. The first-order chi connectivity index (χ1) is 17.5. The average Bonchev–Trinajstić information content (AvgIpc) is 3.47. The zero-order chi connectivity index (χ0) is 24.6. The maximum atomic E-state index is 13.6. The van der Waals surface area contributed by atoms with Gasteiger partial charge in [-0.05, 0) is 52.9 Å². The van der Waals surface area contributed by atoms with E-state index in [1.54, 1.807) is 6.07 Å². The van der Waals surface area contributed by atoms with Crippen LogP contribution in [0, 0.1) is 18.8 Å². The third-order valence-electron chi connectivity index (χ3n) is 7.81. The lowest BCUT2D eigenvalue weighted by molar-refractivity contribution is -0.139. The lowest BCUT2D eigenvalue weighted by Crippen LogP contribution is -2.41. The first-order valence-corrected chi connectivity index (χ1v) is 12.8. The van der Waals surface area contributed by atoms with Gasteiger partial charge in [0.2, 0.25) is 0 Å². The molecule has 2 bridgehead atoms. The standard InChI is InChI=1S/C30H21BrN2O3/c1-16-10-11-17(14-23(16)31)24-13-12-18(36-24)15-32-33-29(34)27-25-19-6-2-3-7-20(19)26(28(27)30(33)35)22-9-5-4-8-21(22)25/h2-15,25-28H,1H3/b32-15-/t25?,26?,27-,28+. The molecule has 2 heterocycles. The van der Waals surface area contributed by atoms with Gasteiger partial charge in [0.1, 0.15) is 11.5 Å². The molecule has 1 saturated heterocycles. The van der Waals surface area contributed by atoms with Gasteiger partial charge in [0.15, 0.2) is 0 Å². The van der Waals surface area contributed by atoms with E-state index in [1.807, 2.05) is 55.5 Å². The predicted octanol–water partition coefficient (Wildman–Crippen LogP) is 6.24. The molecule has 5 nitrogen and oxygen atoms in total. The van der Waals surface area contributed by atoms with Crippen molar-refractivity contribution in [1.29, 1.82) is 0 Å². The molecule has 2 amide bonds. The summed E-state index contributed by atoms with van der Waals surface area (Å²) in [7, 11) is 0. The molecular formula is C30H21BrN2O3. The van der Waals surface area contributed by atoms with Crippen LogP contribution in [0.15, 0.2) is 92.9 Å². The van der Waals surface area contributed by atoms with Crippen LogP contribution in [0.5, 0.6) is 0 Å². The number of imide groups is 1. The fourth-order valence-corrected chi connectivity index (χ4v) is 6.59. The van der Waals surface area contributed by atoms with Gasteiger partial charge in [-0.3, -0.25) is 9.59 Å². The van der Waals surface area contributed by atoms with E-state index in [0.29, 0.717) is 11.5 Å². The van der Waals surface area contributed by atoms with Crippen LogP contribution in [0.1, 0.15) is 45.4 Å². The molecule has 3 aliphatic carbocycles. The SMILES string of the molecule is Cc1ccc(-c2ccc(/C=N\N3C(=O)[C@@H]4C5c6ccccc6C(c6ccccc65)[C@@H]4C3=O)o2)cc1Br. The van der Waals surface area contributed by atoms with E-state index in [4.69, 9.17) is 4.42 Å². The molecule has 4 aliphatic rings. The van der Waals surface area contributed by atoms with Crippen molar-refractivity contribution in [2.45, 2.75) is 18.8 Å². The van der Waals surface area contributed by atoms with Gasteiger partial charge in [0.05, 0.1) is 18.1 Å². The van der Waals surface area contributed by atoms with E-state index < -0.39 is 11.8 Å².